The van der Waals surface area contributed by atoms with E-state index in [-0.39, 0.29) is 5.97 Å². The summed E-state index contributed by atoms with van der Waals surface area (Å²) in [6.07, 6.45) is 0. The number of esters is 1. The molecule has 0 bridgehead atoms. The van der Waals surface area contributed by atoms with Crippen molar-refractivity contribution in [2.45, 2.75) is 27.3 Å². The highest BCUT2D eigenvalue weighted by Crippen LogP contribution is 2.18. The summed E-state index contributed by atoms with van der Waals surface area (Å²) in [6, 6.07) is 0. The van der Waals surface area contributed by atoms with Crippen LogP contribution >= 0.6 is 11.3 Å². The molecule has 1 aromatic rings. The summed E-state index contributed by atoms with van der Waals surface area (Å²) in [5.74, 6) is -0.268. The van der Waals surface area contributed by atoms with Crippen LogP contribution < -0.4 is 5.32 Å². The van der Waals surface area contributed by atoms with Gasteiger partial charge in [-0.3, -0.25) is 0 Å². The lowest BCUT2D eigenvalue weighted by Gasteiger charge is -1.97. The Morgan fingerprint density at radius 1 is 1.53 bits per heavy atom. The molecule has 1 heterocycles. The van der Waals surface area contributed by atoms with Crippen molar-refractivity contribution in [1.29, 1.82) is 0 Å². The number of aromatic nitrogens is 1. The lowest BCUT2D eigenvalue weighted by molar-refractivity contribution is 0.0531. The largest absolute Gasteiger partial charge is 0.462 e. The van der Waals surface area contributed by atoms with E-state index in [9.17, 15) is 4.79 Å². The normalized spacial score (nSPS) is 10.3. The van der Waals surface area contributed by atoms with Gasteiger partial charge in [-0.2, -0.15) is 0 Å². The highest BCUT2D eigenvalue weighted by atomic mass is 32.1. The van der Waals surface area contributed by atoms with Crippen molar-refractivity contribution in [3.8, 4) is 0 Å². The smallest absolute Gasteiger partial charge is 0.350 e. The number of aryl methyl sites for hydroxylation is 1. The van der Waals surface area contributed by atoms with Gasteiger partial charge in [-0.05, 0) is 20.4 Å². The van der Waals surface area contributed by atoms with E-state index in [0.717, 1.165) is 17.2 Å². The fourth-order valence-electron chi connectivity index (χ4n) is 1.15. The Kier molecular flexibility index (Phi) is 4.71. The molecule has 1 N–H and O–H groups in total. The molecule has 0 aliphatic carbocycles. The minimum absolute atomic E-state index is 0.268. The maximum absolute atomic E-state index is 11.5. The molecule has 0 aliphatic rings. The fourth-order valence-corrected chi connectivity index (χ4v) is 2.07. The first kappa shape index (κ1) is 12.1. The van der Waals surface area contributed by atoms with Crippen molar-refractivity contribution in [2.75, 3.05) is 13.2 Å². The molecule has 0 saturated carbocycles. The van der Waals surface area contributed by atoms with E-state index >= 15 is 0 Å². The van der Waals surface area contributed by atoms with Crippen LogP contribution in [0.4, 0.5) is 0 Å². The third-order valence-electron chi connectivity index (χ3n) is 1.83. The van der Waals surface area contributed by atoms with E-state index in [1.165, 1.54) is 11.3 Å². The SMILES string of the molecule is CCNCc1nc(C)c(C(=O)OCC)s1. The van der Waals surface area contributed by atoms with Gasteiger partial charge in [0.2, 0.25) is 0 Å². The van der Waals surface area contributed by atoms with E-state index in [4.69, 9.17) is 4.74 Å². The van der Waals surface area contributed by atoms with Crippen LogP contribution in [0.5, 0.6) is 0 Å². The molecular weight excluding hydrogens is 212 g/mol. The Bertz CT molecular complexity index is 336. The minimum Gasteiger partial charge on any atom is -0.462 e. The predicted octanol–water partition coefficient (Wildman–Crippen LogP) is 1.74. The number of ether oxygens (including phenoxy) is 1. The first-order valence-corrected chi connectivity index (χ1v) is 5.84. The summed E-state index contributed by atoms with van der Waals surface area (Å²) in [5, 5.41) is 4.10. The van der Waals surface area contributed by atoms with Crippen LogP contribution in [0.2, 0.25) is 0 Å². The summed E-state index contributed by atoms with van der Waals surface area (Å²) in [7, 11) is 0. The van der Waals surface area contributed by atoms with Crippen molar-refractivity contribution in [2.24, 2.45) is 0 Å². The maximum Gasteiger partial charge on any atom is 0.350 e. The van der Waals surface area contributed by atoms with E-state index in [1.807, 2.05) is 13.8 Å². The Labute approximate surface area is 93.7 Å². The molecule has 84 valence electrons. The number of hydrogen-bond donors (Lipinski definition) is 1. The van der Waals surface area contributed by atoms with Crippen molar-refractivity contribution in [1.82, 2.24) is 10.3 Å². The topological polar surface area (TPSA) is 51.2 Å². The molecule has 5 heteroatoms. The van der Waals surface area contributed by atoms with Gasteiger partial charge in [-0.15, -0.1) is 11.3 Å². The molecule has 0 aromatic carbocycles. The Morgan fingerprint density at radius 3 is 2.87 bits per heavy atom. The van der Waals surface area contributed by atoms with E-state index in [1.54, 1.807) is 6.92 Å². The van der Waals surface area contributed by atoms with Gasteiger partial charge < -0.3 is 10.1 Å². The van der Waals surface area contributed by atoms with Crippen LogP contribution in [-0.4, -0.2) is 24.1 Å². The van der Waals surface area contributed by atoms with Crippen molar-refractivity contribution in [3.63, 3.8) is 0 Å². The van der Waals surface area contributed by atoms with Gasteiger partial charge in [-0.1, -0.05) is 6.92 Å². The number of carbonyl (C=O) groups is 1. The van der Waals surface area contributed by atoms with E-state index < -0.39 is 0 Å². The highest BCUT2D eigenvalue weighted by Gasteiger charge is 2.15. The van der Waals surface area contributed by atoms with Crippen LogP contribution in [0.25, 0.3) is 0 Å². The molecule has 0 fully saturated rings. The van der Waals surface area contributed by atoms with Gasteiger partial charge in [0, 0.05) is 6.54 Å². The van der Waals surface area contributed by atoms with Crippen LogP contribution in [0.3, 0.4) is 0 Å². The van der Waals surface area contributed by atoms with Gasteiger partial charge in [0.05, 0.1) is 12.3 Å². The number of thiazole rings is 1. The summed E-state index contributed by atoms with van der Waals surface area (Å²) in [5.41, 5.74) is 0.756. The number of carbonyl (C=O) groups excluding carboxylic acids is 1. The zero-order valence-electron chi connectivity index (χ0n) is 9.29. The molecule has 0 amide bonds. The molecule has 0 radical (unpaired) electrons. The molecule has 0 saturated heterocycles. The van der Waals surface area contributed by atoms with Gasteiger partial charge >= 0.3 is 5.97 Å². The summed E-state index contributed by atoms with van der Waals surface area (Å²) < 4.78 is 4.94. The third-order valence-corrected chi connectivity index (χ3v) is 2.97. The molecule has 0 spiro atoms. The summed E-state index contributed by atoms with van der Waals surface area (Å²) in [6.45, 7) is 7.67. The van der Waals surface area contributed by atoms with Gasteiger partial charge in [0.15, 0.2) is 0 Å². The van der Waals surface area contributed by atoms with Crippen LogP contribution in [-0.2, 0) is 11.3 Å². The first-order chi connectivity index (χ1) is 7.19. The summed E-state index contributed by atoms with van der Waals surface area (Å²) >= 11 is 1.40. The molecule has 0 aliphatic heterocycles. The average molecular weight is 228 g/mol. The molecule has 1 rings (SSSR count). The number of hydrogen-bond acceptors (Lipinski definition) is 5. The average Bonchev–Trinajstić information content (AvgIpc) is 2.57. The predicted molar refractivity (Wildman–Crippen MR) is 60.2 cm³/mol. The Morgan fingerprint density at radius 2 is 2.27 bits per heavy atom. The second-order valence-corrected chi connectivity index (χ2v) is 4.11. The third kappa shape index (κ3) is 3.28. The van der Waals surface area contributed by atoms with Crippen LogP contribution in [0, 0.1) is 6.92 Å². The minimum atomic E-state index is -0.268. The molecule has 0 unspecified atom stereocenters. The fraction of sp³-hybridized carbons (Fsp3) is 0.600. The number of nitrogens with one attached hydrogen (secondary N) is 1. The van der Waals surface area contributed by atoms with E-state index in [0.29, 0.717) is 18.0 Å². The zero-order chi connectivity index (χ0) is 11.3. The lowest BCUT2D eigenvalue weighted by Crippen LogP contribution is -2.11. The second kappa shape index (κ2) is 5.82. The van der Waals surface area contributed by atoms with Crippen molar-refractivity contribution in [3.05, 3.63) is 15.6 Å². The van der Waals surface area contributed by atoms with Gasteiger partial charge in [0.1, 0.15) is 9.88 Å². The number of nitrogens with zero attached hydrogens (tertiary/aromatic N) is 1. The molecule has 15 heavy (non-hydrogen) atoms. The summed E-state index contributed by atoms with van der Waals surface area (Å²) in [4.78, 5) is 16.4. The molecule has 4 nitrogen and oxygen atoms in total. The van der Waals surface area contributed by atoms with E-state index in [2.05, 4.69) is 10.3 Å². The first-order valence-electron chi connectivity index (χ1n) is 5.03. The van der Waals surface area contributed by atoms with Crippen LogP contribution in [0.15, 0.2) is 0 Å². The zero-order valence-corrected chi connectivity index (χ0v) is 10.1. The van der Waals surface area contributed by atoms with Gasteiger partial charge in [0.25, 0.3) is 0 Å². The van der Waals surface area contributed by atoms with Crippen molar-refractivity contribution >= 4 is 17.3 Å². The Balaban J connectivity index is 2.72. The monoisotopic (exact) mass is 228 g/mol. The molecular formula is C10H16N2O2S. The standard InChI is InChI=1S/C10H16N2O2S/c1-4-11-6-8-12-7(3)9(15-8)10(13)14-5-2/h11H,4-6H2,1-3H3. The van der Waals surface area contributed by atoms with Crippen molar-refractivity contribution < 1.29 is 9.53 Å². The Hall–Kier alpha value is -0.940. The number of rotatable bonds is 5. The highest BCUT2D eigenvalue weighted by molar-refractivity contribution is 7.13. The quantitative estimate of drug-likeness (QED) is 0.780. The second-order valence-electron chi connectivity index (χ2n) is 3.02. The van der Waals surface area contributed by atoms with Crippen LogP contribution in [0.1, 0.15) is 34.2 Å². The van der Waals surface area contributed by atoms with Gasteiger partial charge in [-0.25, -0.2) is 9.78 Å². The molecule has 1 aromatic heterocycles. The molecule has 0 atom stereocenters. The lowest BCUT2D eigenvalue weighted by atomic mass is 10.4. The maximum atomic E-state index is 11.5.